The molecule has 1 aromatic carbocycles. The summed E-state index contributed by atoms with van der Waals surface area (Å²) in [4.78, 5) is 28.3. The molecule has 25 heavy (non-hydrogen) atoms. The Morgan fingerprint density at radius 2 is 1.96 bits per heavy atom. The Hall–Kier alpha value is -3.35. The Bertz CT molecular complexity index is 866. The zero-order valence-corrected chi connectivity index (χ0v) is 13.7. The van der Waals surface area contributed by atoms with E-state index >= 15 is 0 Å². The van der Waals surface area contributed by atoms with Crippen molar-refractivity contribution in [1.82, 2.24) is 19.9 Å². The standard InChI is InChI=1S/C18H17N5O2/c1-2-3-14-10-16(21-13-6-4-12(5-7-13)18(24)25)23-17(22-14)15-11-19-8-9-20-15/h4-11H,2-3H2,1H3,(H,24,25)(H,21,22,23). The number of carboxylic acids is 1. The molecule has 0 amide bonds. The van der Waals surface area contributed by atoms with Gasteiger partial charge in [-0.05, 0) is 30.7 Å². The van der Waals surface area contributed by atoms with E-state index < -0.39 is 5.97 Å². The lowest BCUT2D eigenvalue weighted by Crippen LogP contribution is -2.03. The minimum absolute atomic E-state index is 0.236. The zero-order chi connectivity index (χ0) is 17.6. The molecule has 0 spiro atoms. The summed E-state index contributed by atoms with van der Waals surface area (Å²) < 4.78 is 0. The van der Waals surface area contributed by atoms with Crippen molar-refractivity contribution < 1.29 is 9.90 Å². The lowest BCUT2D eigenvalue weighted by Gasteiger charge is -2.10. The second-order valence-corrected chi connectivity index (χ2v) is 5.42. The molecule has 0 saturated heterocycles. The van der Waals surface area contributed by atoms with Gasteiger partial charge in [0.2, 0.25) is 0 Å². The second kappa shape index (κ2) is 7.48. The predicted octanol–water partition coefficient (Wildman–Crippen LogP) is 3.33. The maximum Gasteiger partial charge on any atom is 0.335 e. The molecule has 3 rings (SSSR count). The fourth-order valence-corrected chi connectivity index (χ4v) is 2.32. The summed E-state index contributed by atoms with van der Waals surface area (Å²) in [5.41, 5.74) is 2.49. The van der Waals surface area contributed by atoms with E-state index in [1.807, 2.05) is 6.07 Å². The number of hydrogen-bond acceptors (Lipinski definition) is 6. The smallest absolute Gasteiger partial charge is 0.335 e. The number of aryl methyl sites for hydroxylation is 1. The largest absolute Gasteiger partial charge is 0.478 e. The average molecular weight is 335 g/mol. The van der Waals surface area contributed by atoms with Gasteiger partial charge in [0, 0.05) is 29.8 Å². The summed E-state index contributed by atoms with van der Waals surface area (Å²) in [5.74, 6) is 0.176. The van der Waals surface area contributed by atoms with Gasteiger partial charge in [-0.2, -0.15) is 0 Å². The molecule has 2 N–H and O–H groups in total. The topological polar surface area (TPSA) is 101 Å². The van der Waals surface area contributed by atoms with Crippen LogP contribution in [0.15, 0.2) is 48.9 Å². The van der Waals surface area contributed by atoms with Crippen molar-refractivity contribution in [3.05, 3.63) is 60.2 Å². The highest BCUT2D eigenvalue weighted by atomic mass is 16.4. The molecule has 0 atom stereocenters. The molecular weight excluding hydrogens is 318 g/mol. The molecule has 0 aliphatic carbocycles. The zero-order valence-electron chi connectivity index (χ0n) is 13.7. The first-order valence-corrected chi connectivity index (χ1v) is 7.90. The van der Waals surface area contributed by atoms with Crippen LogP contribution >= 0.6 is 0 Å². The average Bonchev–Trinajstić information content (AvgIpc) is 2.63. The number of carbonyl (C=O) groups is 1. The molecule has 0 fully saturated rings. The number of aromatic nitrogens is 4. The highest BCUT2D eigenvalue weighted by molar-refractivity contribution is 5.88. The van der Waals surface area contributed by atoms with Crippen LogP contribution in [0.25, 0.3) is 11.5 Å². The molecular formula is C18H17N5O2. The number of nitrogens with one attached hydrogen (secondary N) is 1. The van der Waals surface area contributed by atoms with Gasteiger partial charge in [0.25, 0.3) is 0 Å². The van der Waals surface area contributed by atoms with Crippen LogP contribution in [0, 0.1) is 0 Å². The number of nitrogens with zero attached hydrogens (tertiary/aromatic N) is 4. The lowest BCUT2D eigenvalue weighted by atomic mass is 10.2. The van der Waals surface area contributed by atoms with Gasteiger partial charge in [0.05, 0.1) is 11.8 Å². The third-order valence-corrected chi connectivity index (χ3v) is 3.48. The van der Waals surface area contributed by atoms with Crippen LogP contribution in [-0.4, -0.2) is 31.0 Å². The predicted molar refractivity (Wildman–Crippen MR) is 93.7 cm³/mol. The van der Waals surface area contributed by atoms with Gasteiger partial charge in [-0.1, -0.05) is 13.3 Å². The van der Waals surface area contributed by atoms with Gasteiger partial charge in [0.15, 0.2) is 5.82 Å². The minimum atomic E-state index is -0.955. The molecule has 0 unspecified atom stereocenters. The molecule has 3 aromatic rings. The van der Waals surface area contributed by atoms with E-state index in [9.17, 15) is 4.79 Å². The summed E-state index contributed by atoms with van der Waals surface area (Å²) in [6.45, 7) is 2.09. The van der Waals surface area contributed by atoms with E-state index in [0.29, 0.717) is 17.3 Å². The van der Waals surface area contributed by atoms with Gasteiger partial charge >= 0.3 is 5.97 Å². The van der Waals surface area contributed by atoms with E-state index in [-0.39, 0.29) is 5.56 Å². The Morgan fingerprint density at radius 1 is 1.16 bits per heavy atom. The Kier molecular flexibility index (Phi) is 4.94. The molecule has 7 heteroatoms. The Morgan fingerprint density at radius 3 is 2.60 bits per heavy atom. The third kappa shape index (κ3) is 4.14. The van der Waals surface area contributed by atoms with Crippen molar-refractivity contribution in [3.8, 4) is 11.5 Å². The molecule has 2 aromatic heterocycles. The van der Waals surface area contributed by atoms with Crippen LogP contribution < -0.4 is 5.32 Å². The second-order valence-electron chi connectivity index (χ2n) is 5.42. The van der Waals surface area contributed by atoms with Gasteiger partial charge in [-0.3, -0.25) is 4.98 Å². The molecule has 0 bridgehead atoms. The van der Waals surface area contributed by atoms with Crippen LogP contribution in [0.4, 0.5) is 11.5 Å². The summed E-state index contributed by atoms with van der Waals surface area (Å²) in [6, 6.07) is 8.37. The SMILES string of the molecule is CCCc1cc(Nc2ccc(C(=O)O)cc2)nc(-c2cnccn2)n1. The van der Waals surface area contributed by atoms with Crippen molar-refractivity contribution in [3.63, 3.8) is 0 Å². The molecule has 126 valence electrons. The van der Waals surface area contributed by atoms with Gasteiger partial charge < -0.3 is 10.4 Å². The van der Waals surface area contributed by atoms with Crippen molar-refractivity contribution in [2.45, 2.75) is 19.8 Å². The number of hydrogen-bond donors (Lipinski definition) is 2. The summed E-state index contributed by atoms with van der Waals surface area (Å²) >= 11 is 0. The van der Waals surface area contributed by atoms with Gasteiger partial charge in [-0.15, -0.1) is 0 Å². The van der Waals surface area contributed by atoms with Crippen LogP contribution in [0.3, 0.4) is 0 Å². The Balaban J connectivity index is 1.92. The van der Waals surface area contributed by atoms with E-state index in [0.717, 1.165) is 24.2 Å². The highest BCUT2D eigenvalue weighted by Crippen LogP contribution is 2.20. The van der Waals surface area contributed by atoms with Crippen molar-refractivity contribution in [1.29, 1.82) is 0 Å². The first kappa shape index (κ1) is 16.5. The first-order valence-electron chi connectivity index (χ1n) is 7.90. The van der Waals surface area contributed by atoms with E-state index in [4.69, 9.17) is 5.11 Å². The number of rotatable bonds is 6. The molecule has 0 aliphatic rings. The highest BCUT2D eigenvalue weighted by Gasteiger charge is 2.09. The maximum atomic E-state index is 10.9. The van der Waals surface area contributed by atoms with Crippen LogP contribution in [0.2, 0.25) is 0 Å². The summed E-state index contributed by atoms with van der Waals surface area (Å²) in [6.07, 6.45) is 6.61. The molecule has 7 nitrogen and oxygen atoms in total. The normalized spacial score (nSPS) is 10.4. The number of aromatic carboxylic acids is 1. The van der Waals surface area contributed by atoms with Gasteiger partial charge in [-0.25, -0.2) is 19.7 Å². The summed E-state index contributed by atoms with van der Waals surface area (Å²) in [7, 11) is 0. The summed E-state index contributed by atoms with van der Waals surface area (Å²) in [5, 5.41) is 12.2. The first-order chi connectivity index (χ1) is 12.2. The third-order valence-electron chi connectivity index (χ3n) is 3.48. The van der Waals surface area contributed by atoms with Crippen molar-refractivity contribution >= 4 is 17.5 Å². The maximum absolute atomic E-state index is 10.9. The molecule has 2 heterocycles. The monoisotopic (exact) mass is 335 g/mol. The number of carboxylic acid groups (broad SMARTS) is 1. The fraction of sp³-hybridized carbons (Fsp3) is 0.167. The fourth-order valence-electron chi connectivity index (χ4n) is 2.32. The quantitative estimate of drug-likeness (QED) is 0.712. The van der Waals surface area contributed by atoms with Crippen LogP contribution in [-0.2, 0) is 6.42 Å². The van der Waals surface area contributed by atoms with E-state index in [2.05, 4.69) is 32.2 Å². The minimum Gasteiger partial charge on any atom is -0.478 e. The lowest BCUT2D eigenvalue weighted by molar-refractivity contribution is 0.0697. The number of anilines is 2. The van der Waals surface area contributed by atoms with Crippen LogP contribution in [0.1, 0.15) is 29.4 Å². The van der Waals surface area contributed by atoms with Gasteiger partial charge in [0.1, 0.15) is 11.5 Å². The number of benzene rings is 1. The van der Waals surface area contributed by atoms with Crippen molar-refractivity contribution in [2.75, 3.05) is 5.32 Å². The van der Waals surface area contributed by atoms with Crippen LogP contribution in [0.5, 0.6) is 0 Å². The molecule has 0 saturated carbocycles. The van der Waals surface area contributed by atoms with E-state index in [1.54, 1.807) is 42.9 Å². The van der Waals surface area contributed by atoms with E-state index in [1.165, 1.54) is 0 Å². The Labute approximate surface area is 144 Å². The molecule has 0 radical (unpaired) electrons. The van der Waals surface area contributed by atoms with Crippen molar-refractivity contribution in [2.24, 2.45) is 0 Å². The molecule has 0 aliphatic heterocycles.